The minimum absolute atomic E-state index is 0.0307. The van der Waals surface area contributed by atoms with Crippen molar-refractivity contribution in [3.63, 3.8) is 0 Å². The van der Waals surface area contributed by atoms with Crippen molar-refractivity contribution in [1.29, 1.82) is 0 Å². The van der Waals surface area contributed by atoms with Crippen molar-refractivity contribution >= 4 is 11.7 Å². The van der Waals surface area contributed by atoms with Gasteiger partial charge in [0.15, 0.2) is 0 Å². The van der Waals surface area contributed by atoms with E-state index in [0.717, 1.165) is 12.2 Å². The molecular formula is C22H24FN3O. The summed E-state index contributed by atoms with van der Waals surface area (Å²) in [5, 5.41) is 2.68. The van der Waals surface area contributed by atoms with Gasteiger partial charge in [0.05, 0.1) is 12.2 Å². The highest BCUT2D eigenvalue weighted by atomic mass is 19.1. The number of carbonyl (C=O) groups is 1. The SMILES string of the molecule is CC(C)N(Cc1cccn1Cc1ccccc1)C(=O)Nc1ccccc1F. The highest BCUT2D eigenvalue weighted by Gasteiger charge is 2.20. The molecule has 1 aromatic heterocycles. The summed E-state index contributed by atoms with van der Waals surface area (Å²) in [7, 11) is 0. The van der Waals surface area contributed by atoms with Crippen LogP contribution in [0.4, 0.5) is 14.9 Å². The molecule has 3 rings (SSSR count). The van der Waals surface area contributed by atoms with Gasteiger partial charge in [-0.1, -0.05) is 42.5 Å². The molecule has 0 saturated carbocycles. The molecule has 0 fully saturated rings. The first-order valence-electron chi connectivity index (χ1n) is 9.04. The van der Waals surface area contributed by atoms with Crippen molar-refractivity contribution in [2.24, 2.45) is 0 Å². The van der Waals surface area contributed by atoms with Gasteiger partial charge in [0.25, 0.3) is 0 Å². The minimum Gasteiger partial charge on any atom is -0.345 e. The molecule has 0 atom stereocenters. The van der Waals surface area contributed by atoms with E-state index >= 15 is 0 Å². The average Bonchev–Trinajstić information content (AvgIpc) is 3.09. The van der Waals surface area contributed by atoms with Crippen LogP contribution in [0.1, 0.15) is 25.1 Å². The first-order chi connectivity index (χ1) is 13.0. The lowest BCUT2D eigenvalue weighted by molar-refractivity contribution is 0.192. The first kappa shape index (κ1) is 18.7. The summed E-state index contributed by atoms with van der Waals surface area (Å²) < 4.78 is 16.0. The second kappa shape index (κ2) is 8.54. The van der Waals surface area contributed by atoms with Crippen molar-refractivity contribution in [1.82, 2.24) is 9.47 Å². The largest absolute Gasteiger partial charge is 0.345 e. The van der Waals surface area contributed by atoms with Crippen LogP contribution < -0.4 is 5.32 Å². The Balaban J connectivity index is 1.74. The maximum absolute atomic E-state index is 13.9. The van der Waals surface area contributed by atoms with Crippen molar-refractivity contribution < 1.29 is 9.18 Å². The van der Waals surface area contributed by atoms with Crippen LogP contribution in [0, 0.1) is 5.82 Å². The van der Waals surface area contributed by atoms with Crippen molar-refractivity contribution in [3.8, 4) is 0 Å². The fourth-order valence-electron chi connectivity index (χ4n) is 2.94. The molecule has 0 aliphatic carbocycles. The number of nitrogens with one attached hydrogen (secondary N) is 1. The van der Waals surface area contributed by atoms with Crippen LogP contribution in [-0.4, -0.2) is 21.5 Å². The molecule has 0 spiro atoms. The van der Waals surface area contributed by atoms with Crippen LogP contribution in [0.25, 0.3) is 0 Å². The number of benzene rings is 2. The van der Waals surface area contributed by atoms with Crippen molar-refractivity contribution in [3.05, 3.63) is 90.0 Å². The molecule has 0 radical (unpaired) electrons. The van der Waals surface area contributed by atoms with E-state index in [4.69, 9.17) is 0 Å². The molecule has 2 amide bonds. The fraction of sp³-hybridized carbons (Fsp3) is 0.227. The number of aromatic nitrogens is 1. The Morgan fingerprint density at radius 2 is 1.74 bits per heavy atom. The smallest absolute Gasteiger partial charge is 0.322 e. The number of rotatable bonds is 6. The van der Waals surface area contributed by atoms with E-state index in [1.165, 1.54) is 11.6 Å². The number of amides is 2. The molecule has 3 aromatic rings. The normalized spacial score (nSPS) is 10.8. The molecular weight excluding hydrogens is 341 g/mol. The quantitative estimate of drug-likeness (QED) is 0.647. The summed E-state index contributed by atoms with van der Waals surface area (Å²) in [6, 6.07) is 20.0. The van der Waals surface area contributed by atoms with E-state index in [9.17, 15) is 9.18 Å². The lowest BCUT2D eigenvalue weighted by Crippen LogP contribution is -2.40. The van der Waals surface area contributed by atoms with Crippen molar-refractivity contribution in [2.45, 2.75) is 33.0 Å². The number of nitrogens with zero attached hydrogens (tertiary/aromatic N) is 2. The second-order valence-corrected chi connectivity index (χ2v) is 6.74. The van der Waals surface area contributed by atoms with Gasteiger partial charge in [0, 0.05) is 24.5 Å². The zero-order valence-electron chi connectivity index (χ0n) is 15.6. The predicted molar refractivity (Wildman–Crippen MR) is 106 cm³/mol. The summed E-state index contributed by atoms with van der Waals surface area (Å²) in [5.74, 6) is -0.443. The third-order valence-electron chi connectivity index (χ3n) is 4.45. The Labute approximate surface area is 159 Å². The van der Waals surface area contributed by atoms with Crippen LogP contribution >= 0.6 is 0 Å². The van der Waals surface area contributed by atoms with Gasteiger partial charge in [0.2, 0.25) is 0 Å². The molecule has 4 nitrogen and oxygen atoms in total. The summed E-state index contributed by atoms with van der Waals surface area (Å²) in [6.07, 6.45) is 2.01. The summed E-state index contributed by atoms with van der Waals surface area (Å²) in [4.78, 5) is 14.4. The fourth-order valence-corrected chi connectivity index (χ4v) is 2.94. The predicted octanol–water partition coefficient (Wildman–Crippen LogP) is 5.12. The Kier molecular flexibility index (Phi) is 5.91. The summed E-state index contributed by atoms with van der Waals surface area (Å²) in [5.41, 5.74) is 2.41. The molecule has 1 N–H and O–H groups in total. The van der Waals surface area contributed by atoms with Gasteiger partial charge >= 0.3 is 6.03 Å². The van der Waals surface area contributed by atoms with E-state index in [-0.39, 0.29) is 17.8 Å². The van der Waals surface area contributed by atoms with Crippen LogP contribution in [-0.2, 0) is 13.1 Å². The Morgan fingerprint density at radius 3 is 2.44 bits per heavy atom. The molecule has 0 aliphatic heterocycles. The van der Waals surface area contributed by atoms with E-state index in [0.29, 0.717) is 6.54 Å². The van der Waals surface area contributed by atoms with Crippen LogP contribution in [0.2, 0.25) is 0 Å². The number of hydrogen-bond acceptors (Lipinski definition) is 1. The monoisotopic (exact) mass is 365 g/mol. The highest BCUT2D eigenvalue weighted by molar-refractivity contribution is 5.89. The number of halogens is 1. The van der Waals surface area contributed by atoms with Gasteiger partial charge in [-0.15, -0.1) is 0 Å². The third kappa shape index (κ3) is 4.76. The topological polar surface area (TPSA) is 37.3 Å². The van der Waals surface area contributed by atoms with Gasteiger partial charge in [-0.2, -0.15) is 0 Å². The Hall–Kier alpha value is -3.08. The molecule has 1 heterocycles. The van der Waals surface area contributed by atoms with Crippen LogP contribution in [0.3, 0.4) is 0 Å². The molecule has 0 unspecified atom stereocenters. The molecule has 140 valence electrons. The van der Waals surface area contributed by atoms with E-state index in [2.05, 4.69) is 22.0 Å². The Bertz CT molecular complexity index is 889. The zero-order chi connectivity index (χ0) is 19.2. The number of para-hydroxylation sites is 1. The molecule has 5 heteroatoms. The number of carbonyl (C=O) groups excluding carboxylic acids is 1. The standard InChI is InChI=1S/C22H24FN3O/c1-17(2)26(22(27)24-21-13-7-6-12-20(21)23)16-19-11-8-14-25(19)15-18-9-4-3-5-10-18/h3-14,17H,15-16H2,1-2H3,(H,24,27). The maximum atomic E-state index is 13.9. The van der Waals surface area contributed by atoms with Crippen LogP contribution in [0.15, 0.2) is 72.9 Å². The summed E-state index contributed by atoms with van der Waals surface area (Å²) in [6.45, 7) is 5.08. The second-order valence-electron chi connectivity index (χ2n) is 6.74. The lowest BCUT2D eigenvalue weighted by Gasteiger charge is -2.27. The number of anilines is 1. The van der Waals surface area contributed by atoms with Gasteiger partial charge in [0.1, 0.15) is 5.82 Å². The molecule has 0 bridgehead atoms. The molecule has 27 heavy (non-hydrogen) atoms. The van der Waals surface area contributed by atoms with E-state index in [1.54, 1.807) is 23.1 Å². The number of hydrogen-bond donors (Lipinski definition) is 1. The molecule has 2 aromatic carbocycles. The number of urea groups is 1. The minimum atomic E-state index is -0.443. The zero-order valence-corrected chi connectivity index (χ0v) is 15.6. The maximum Gasteiger partial charge on any atom is 0.322 e. The van der Waals surface area contributed by atoms with Gasteiger partial charge in [-0.25, -0.2) is 9.18 Å². The van der Waals surface area contributed by atoms with E-state index in [1.807, 2.05) is 50.4 Å². The first-order valence-corrected chi connectivity index (χ1v) is 9.04. The van der Waals surface area contributed by atoms with Crippen LogP contribution in [0.5, 0.6) is 0 Å². The molecule has 0 saturated heterocycles. The van der Waals surface area contributed by atoms with Gasteiger partial charge < -0.3 is 14.8 Å². The highest BCUT2D eigenvalue weighted by Crippen LogP contribution is 2.17. The summed E-state index contributed by atoms with van der Waals surface area (Å²) >= 11 is 0. The van der Waals surface area contributed by atoms with Gasteiger partial charge in [-0.05, 0) is 43.7 Å². The third-order valence-corrected chi connectivity index (χ3v) is 4.45. The van der Waals surface area contributed by atoms with Crippen molar-refractivity contribution in [2.75, 3.05) is 5.32 Å². The lowest BCUT2D eigenvalue weighted by atomic mass is 10.2. The Morgan fingerprint density at radius 1 is 1.04 bits per heavy atom. The molecule has 0 aliphatic rings. The average molecular weight is 365 g/mol. The van der Waals surface area contributed by atoms with Gasteiger partial charge in [-0.3, -0.25) is 0 Å². The van der Waals surface area contributed by atoms with E-state index < -0.39 is 5.82 Å².